The summed E-state index contributed by atoms with van der Waals surface area (Å²) in [6.45, 7) is 9.01. The molecule has 2 unspecified atom stereocenters. The van der Waals surface area contributed by atoms with Crippen molar-refractivity contribution in [2.45, 2.75) is 51.9 Å². The van der Waals surface area contributed by atoms with Gasteiger partial charge in [0.1, 0.15) is 0 Å². The fourth-order valence-corrected chi connectivity index (χ4v) is 1.39. The number of likely N-dealkylation sites (N-methyl/N-ethyl adjacent to an activating group) is 1. The first kappa shape index (κ1) is 13.9. The van der Waals surface area contributed by atoms with E-state index in [2.05, 4.69) is 19.2 Å². The van der Waals surface area contributed by atoms with E-state index in [0.29, 0.717) is 6.61 Å². The molecule has 14 heavy (non-hydrogen) atoms. The molecule has 0 aliphatic heterocycles. The highest BCUT2D eigenvalue weighted by molar-refractivity contribution is 4.87. The van der Waals surface area contributed by atoms with Crippen LogP contribution in [0.25, 0.3) is 0 Å². The van der Waals surface area contributed by atoms with Gasteiger partial charge in [0, 0.05) is 7.11 Å². The Labute approximate surface area is 88.2 Å². The fourth-order valence-electron chi connectivity index (χ4n) is 1.39. The number of hydrogen-bond donors (Lipinski definition) is 1. The van der Waals surface area contributed by atoms with Crippen molar-refractivity contribution in [3.63, 3.8) is 0 Å². The molecule has 86 valence electrons. The second-order valence-corrected chi connectivity index (χ2v) is 4.09. The summed E-state index contributed by atoms with van der Waals surface area (Å²) in [6.07, 6.45) is 1.24. The van der Waals surface area contributed by atoms with E-state index in [-0.39, 0.29) is 17.7 Å². The summed E-state index contributed by atoms with van der Waals surface area (Å²) in [5.41, 5.74) is -0.149. The van der Waals surface area contributed by atoms with E-state index in [9.17, 15) is 0 Å². The summed E-state index contributed by atoms with van der Waals surface area (Å²) in [5.74, 6) is 0. The van der Waals surface area contributed by atoms with Gasteiger partial charge in [-0.05, 0) is 34.2 Å². The molecule has 0 rings (SSSR count). The third-order valence-corrected chi connectivity index (χ3v) is 2.85. The standard InChI is InChI=1S/C11H25NO2/c1-7-11(4,13-6)10(12-5)8-14-9(2)3/h9-10,12H,7-8H2,1-6H3. The van der Waals surface area contributed by atoms with E-state index in [1.807, 2.05) is 20.9 Å². The number of methoxy groups -OCH3 is 1. The van der Waals surface area contributed by atoms with Crippen LogP contribution < -0.4 is 5.32 Å². The minimum absolute atomic E-state index is 0.149. The van der Waals surface area contributed by atoms with Crippen molar-refractivity contribution in [3.8, 4) is 0 Å². The Hall–Kier alpha value is -0.120. The molecular formula is C11H25NO2. The highest BCUT2D eigenvalue weighted by Crippen LogP contribution is 2.19. The average molecular weight is 203 g/mol. The number of rotatable bonds is 7. The van der Waals surface area contributed by atoms with Crippen molar-refractivity contribution in [2.24, 2.45) is 0 Å². The van der Waals surface area contributed by atoms with Crippen LogP contribution in [-0.4, -0.2) is 38.5 Å². The molecule has 2 atom stereocenters. The molecule has 3 nitrogen and oxygen atoms in total. The second kappa shape index (κ2) is 6.38. The summed E-state index contributed by atoms with van der Waals surface area (Å²) in [5, 5.41) is 3.25. The SMILES string of the molecule is CCC(C)(OC)C(COC(C)C)NC. The van der Waals surface area contributed by atoms with Gasteiger partial charge in [-0.3, -0.25) is 0 Å². The maximum atomic E-state index is 5.60. The topological polar surface area (TPSA) is 30.5 Å². The molecule has 0 aromatic carbocycles. The Morgan fingerprint density at radius 3 is 2.21 bits per heavy atom. The first-order valence-electron chi connectivity index (χ1n) is 5.34. The van der Waals surface area contributed by atoms with Gasteiger partial charge in [0.05, 0.1) is 24.4 Å². The molecule has 0 radical (unpaired) electrons. The lowest BCUT2D eigenvalue weighted by Gasteiger charge is -2.35. The summed E-state index contributed by atoms with van der Waals surface area (Å²) in [7, 11) is 3.70. The van der Waals surface area contributed by atoms with E-state index in [4.69, 9.17) is 9.47 Å². The molecule has 1 N–H and O–H groups in total. The third kappa shape index (κ3) is 3.95. The monoisotopic (exact) mass is 203 g/mol. The van der Waals surface area contributed by atoms with Crippen LogP contribution in [0, 0.1) is 0 Å². The zero-order valence-electron chi connectivity index (χ0n) is 10.4. The molecule has 0 aromatic rings. The van der Waals surface area contributed by atoms with Gasteiger partial charge in [-0.25, -0.2) is 0 Å². The van der Waals surface area contributed by atoms with Gasteiger partial charge in [0.15, 0.2) is 0 Å². The van der Waals surface area contributed by atoms with Crippen molar-refractivity contribution >= 4 is 0 Å². The molecule has 0 saturated carbocycles. The lowest BCUT2D eigenvalue weighted by atomic mass is 9.94. The van der Waals surface area contributed by atoms with Crippen molar-refractivity contribution in [2.75, 3.05) is 20.8 Å². The lowest BCUT2D eigenvalue weighted by molar-refractivity contribution is -0.0600. The van der Waals surface area contributed by atoms with Crippen LogP contribution in [0.5, 0.6) is 0 Å². The Morgan fingerprint density at radius 2 is 1.93 bits per heavy atom. The zero-order chi connectivity index (χ0) is 11.2. The number of hydrogen-bond acceptors (Lipinski definition) is 3. The minimum Gasteiger partial charge on any atom is -0.377 e. The molecule has 0 aliphatic rings. The molecule has 0 saturated heterocycles. The molecule has 0 spiro atoms. The van der Waals surface area contributed by atoms with Gasteiger partial charge in [0.2, 0.25) is 0 Å². The van der Waals surface area contributed by atoms with Gasteiger partial charge in [0.25, 0.3) is 0 Å². The summed E-state index contributed by atoms with van der Waals surface area (Å²) in [4.78, 5) is 0. The molecule has 0 bridgehead atoms. The Bertz CT molecular complexity index is 144. The van der Waals surface area contributed by atoms with Gasteiger partial charge in [-0.2, -0.15) is 0 Å². The molecule has 0 aliphatic carbocycles. The molecule has 0 heterocycles. The number of ether oxygens (including phenoxy) is 2. The van der Waals surface area contributed by atoms with Gasteiger partial charge >= 0.3 is 0 Å². The predicted molar refractivity (Wildman–Crippen MR) is 59.6 cm³/mol. The third-order valence-electron chi connectivity index (χ3n) is 2.85. The van der Waals surface area contributed by atoms with Crippen molar-refractivity contribution in [1.82, 2.24) is 5.32 Å². The van der Waals surface area contributed by atoms with Crippen LogP contribution in [0.3, 0.4) is 0 Å². The summed E-state index contributed by atoms with van der Waals surface area (Å²) < 4.78 is 11.1. The van der Waals surface area contributed by atoms with E-state index >= 15 is 0 Å². The normalized spacial score (nSPS) is 18.2. The van der Waals surface area contributed by atoms with Crippen molar-refractivity contribution in [1.29, 1.82) is 0 Å². The van der Waals surface area contributed by atoms with Gasteiger partial charge < -0.3 is 14.8 Å². The zero-order valence-corrected chi connectivity index (χ0v) is 10.4. The molecule has 0 fully saturated rings. The second-order valence-electron chi connectivity index (χ2n) is 4.09. The average Bonchev–Trinajstić information content (AvgIpc) is 2.17. The van der Waals surface area contributed by atoms with Crippen LogP contribution in [0.2, 0.25) is 0 Å². The van der Waals surface area contributed by atoms with E-state index in [1.165, 1.54) is 0 Å². The summed E-state index contributed by atoms with van der Waals surface area (Å²) >= 11 is 0. The van der Waals surface area contributed by atoms with Gasteiger partial charge in [-0.15, -0.1) is 0 Å². The first-order chi connectivity index (χ1) is 6.50. The van der Waals surface area contributed by atoms with Crippen molar-refractivity contribution in [3.05, 3.63) is 0 Å². The molecule has 3 heteroatoms. The Kier molecular flexibility index (Phi) is 6.33. The summed E-state index contributed by atoms with van der Waals surface area (Å²) in [6, 6.07) is 0.236. The van der Waals surface area contributed by atoms with Crippen LogP contribution in [0.15, 0.2) is 0 Å². The van der Waals surface area contributed by atoms with Crippen LogP contribution in [0.4, 0.5) is 0 Å². The van der Waals surface area contributed by atoms with E-state index in [1.54, 1.807) is 7.11 Å². The smallest absolute Gasteiger partial charge is 0.0822 e. The van der Waals surface area contributed by atoms with Crippen LogP contribution in [0.1, 0.15) is 34.1 Å². The lowest BCUT2D eigenvalue weighted by Crippen LogP contribution is -2.51. The van der Waals surface area contributed by atoms with Gasteiger partial charge in [-0.1, -0.05) is 6.92 Å². The highest BCUT2D eigenvalue weighted by Gasteiger charge is 2.31. The maximum Gasteiger partial charge on any atom is 0.0822 e. The Balaban J connectivity index is 4.22. The quantitative estimate of drug-likeness (QED) is 0.684. The van der Waals surface area contributed by atoms with Crippen LogP contribution >= 0.6 is 0 Å². The predicted octanol–water partition coefficient (Wildman–Crippen LogP) is 1.81. The molecular weight excluding hydrogens is 178 g/mol. The highest BCUT2D eigenvalue weighted by atomic mass is 16.5. The fraction of sp³-hybridized carbons (Fsp3) is 1.00. The van der Waals surface area contributed by atoms with Crippen molar-refractivity contribution < 1.29 is 9.47 Å². The first-order valence-corrected chi connectivity index (χ1v) is 5.34. The minimum atomic E-state index is -0.149. The van der Waals surface area contributed by atoms with E-state index < -0.39 is 0 Å². The Morgan fingerprint density at radius 1 is 1.36 bits per heavy atom. The molecule has 0 aromatic heterocycles. The van der Waals surface area contributed by atoms with E-state index in [0.717, 1.165) is 6.42 Å². The number of nitrogens with one attached hydrogen (secondary N) is 1. The molecule has 0 amide bonds. The maximum absolute atomic E-state index is 5.60. The van der Waals surface area contributed by atoms with Crippen LogP contribution in [-0.2, 0) is 9.47 Å². The largest absolute Gasteiger partial charge is 0.377 e.